The molecule has 19 heavy (non-hydrogen) atoms. The summed E-state index contributed by atoms with van der Waals surface area (Å²) in [5.74, 6) is -1.01. The number of hydrogen-bond donors (Lipinski definition) is 2. The number of hydrogen-bond acceptors (Lipinski definition) is 2. The average molecular weight is 257 g/mol. The van der Waals surface area contributed by atoms with E-state index in [1.807, 2.05) is 44.2 Å². The SMILES string of the molecule is CC(C)C(CNc1cccc2ccccc12)C(=O)O. The number of rotatable bonds is 5. The summed E-state index contributed by atoms with van der Waals surface area (Å²) < 4.78 is 0. The third kappa shape index (κ3) is 3.05. The number of carboxylic acids is 1. The number of anilines is 1. The van der Waals surface area contributed by atoms with Crippen LogP contribution in [-0.4, -0.2) is 17.6 Å². The molecule has 1 unspecified atom stereocenters. The molecule has 0 heterocycles. The maximum atomic E-state index is 11.2. The van der Waals surface area contributed by atoms with Crippen molar-refractivity contribution in [2.45, 2.75) is 13.8 Å². The van der Waals surface area contributed by atoms with Gasteiger partial charge in [-0.1, -0.05) is 50.2 Å². The highest BCUT2D eigenvalue weighted by Gasteiger charge is 2.21. The predicted octanol–water partition coefficient (Wildman–Crippen LogP) is 3.61. The minimum atomic E-state index is -0.747. The number of aliphatic carboxylic acids is 1. The van der Waals surface area contributed by atoms with Crippen LogP contribution in [0.1, 0.15) is 13.8 Å². The van der Waals surface area contributed by atoms with Crippen molar-refractivity contribution in [3.8, 4) is 0 Å². The Hall–Kier alpha value is -2.03. The molecule has 0 fully saturated rings. The monoisotopic (exact) mass is 257 g/mol. The Morgan fingerprint density at radius 3 is 2.53 bits per heavy atom. The summed E-state index contributed by atoms with van der Waals surface area (Å²) in [5.41, 5.74) is 0.991. The Morgan fingerprint density at radius 2 is 1.84 bits per heavy atom. The van der Waals surface area contributed by atoms with Gasteiger partial charge in [-0.3, -0.25) is 4.79 Å². The number of nitrogens with one attached hydrogen (secondary N) is 1. The first-order valence-corrected chi connectivity index (χ1v) is 6.54. The van der Waals surface area contributed by atoms with E-state index in [4.69, 9.17) is 0 Å². The van der Waals surface area contributed by atoms with Crippen molar-refractivity contribution in [1.82, 2.24) is 0 Å². The van der Waals surface area contributed by atoms with E-state index in [1.165, 1.54) is 0 Å². The molecule has 100 valence electrons. The van der Waals surface area contributed by atoms with Gasteiger partial charge in [0, 0.05) is 17.6 Å². The molecular formula is C16H19NO2. The molecule has 2 aromatic carbocycles. The van der Waals surface area contributed by atoms with E-state index in [0.717, 1.165) is 16.5 Å². The molecule has 0 aliphatic rings. The van der Waals surface area contributed by atoms with Gasteiger partial charge in [0.15, 0.2) is 0 Å². The molecule has 0 saturated heterocycles. The maximum absolute atomic E-state index is 11.2. The van der Waals surface area contributed by atoms with Crippen LogP contribution in [0.4, 0.5) is 5.69 Å². The summed E-state index contributed by atoms with van der Waals surface area (Å²) in [6, 6.07) is 14.1. The van der Waals surface area contributed by atoms with Crippen molar-refractivity contribution in [3.63, 3.8) is 0 Å². The summed E-state index contributed by atoms with van der Waals surface area (Å²) in [6.07, 6.45) is 0. The Balaban J connectivity index is 2.20. The second-order valence-electron chi connectivity index (χ2n) is 5.10. The molecule has 0 bridgehead atoms. The summed E-state index contributed by atoms with van der Waals surface area (Å²) in [5, 5.41) is 14.7. The van der Waals surface area contributed by atoms with Crippen molar-refractivity contribution in [2.24, 2.45) is 11.8 Å². The molecule has 3 heteroatoms. The van der Waals surface area contributed by atoms with Gasteiger partial charge in [-0.15, -0.1) is 0 Å². The van der Waals surface area contributed by atoms with Crippen LogP contribution in [0.25, 0.3) is 10.8 Å². The van der Waals surface area contributed by atoms with E-state index in [-0.39, 0.29) is 11.8 Å². The van der Waals surface area contributed by atoms with E-state index in [1.54, 1.807) is 0 Å². The Kier molecular flexibility index (Phi) is 4.05. The molecule has 1 atom stereocenters. The highest BCUT2D eigenvalue weighted by molar-refractivity contribution is 5.93. The van der Waals surface area contributed by atoms with Crippen LogP contribution < -0.4 is 5.32 Å². The first kappa shape index (κ1) is 13.4. The summed E-state index contributed by atoms with van der Waals surface area (Å²) in [4.78, 5) is 11.2. The molecule has 2 rings (SSSR count). The summed E-state index contributed by atoms with van der Waals surface area (Å²) in [7, 11) is 0. The van der Waals surface area contributed by atoms with E-state index in [2.05, 4.69) is 17.4 Å². The van der Waals surface area contributed by atoms with Crippen molar-refractivity contribution in [1.29, 1.82) is 0 Å². The van der Waals surface area contributed by atoms with E-state index in [9.17, 15) is 9.90 Å². The highest BCUT2D eigenvalue weighted by atomic mass is 16.4. The van der Waals surface area contributed by atoms with Crippen LogP contribution in [0.3, 0.4) is 0 Å². The van der Waals surface area contributed by atoms with E-state index < -0.39 is 5.97 Å². The van der Waals surface area contributed by atoms with E-state index >= 15 is 0 Å². The van der Waals surface area contributed by atoms with Crippen LogP contribution >= 0.6 is 0 Å². The summed E-state index contributed by atoms with van der Waals surface area (Å²) >= 11 is 0. The first-order chi connectivity index (χ1) is 9.09. The lowest BCUT2D eigenvalue weighted by molar-refractivity contribution is -0.142. The minimum absolute atomic E-state index is 0.111. The van der Waals surface area contributed by atoms with Crippen LogP contribution in [0, 0.1) is 11.8 Å². The molecule has 0 aromatic heterocycles. The lowest BCUT2D eigenvalue weighted by Gasteiger charge is -2.18. The van der Waals surface area contributed by atoms with Crippen LogP contribution in [-0.2, 0) is 4.79 Å². The molecule has 0 radical (unpaired) electrons. The molecule has 0 aliphatic carbocycles. The van der Waals surface area contributed by atoms with Gasteiger partial charge in [-0.25, -0.2) is 0 Å². The molecule has 2 aromatic rings. The third-order valence-corrected chi connectivity index (χ3v) is 3.42. The largest absolute Gasteiger partial charge is 0.481 e. The molecule has 0 saturated carbocycles. The van der Waals surface area contributed by atoms with Crippen LogP contribution in [0.2, 0.25) is 0 Å². The molecule has 0 amide bonds. The van der Waals surface area contributed by atoms with E-state index in [0.29, 0.717) is 6.54 Å². The van der Waals surface area contributed by atoms with Crippen molar-refractivity contribution in [2.75, 3.05) is 11.9 Å². The Labute approximate surface area is 113 Å². The number of carboxylic acid groups (broad SMARTS) is 1. The molecule has 0 spiro atoms. The number of carbonyl (C=O) groups is 1. The van der Waals surface area contributed by atoms with Gasteiger partial charge in [0.2, 0.25) is 0 Å². The second-order valence-corrected chi connectivity index (χ2v) is 5.10. The molecule has 2 N–H and O–H groups in total. The van der Waals surface area contributed by atoms with Gasteiger partial charge in [-0.2, -0.15) is 0 Å². The topological polar surface area (TPSA) is 49.3 Å². The summed E-state index contributed by atoms with van der Waals surface area (Å²) in [6.45, 7) is 4.31. The van der Waals surface area contributed by atoms with Crippen molar-refractivity contribution >= 4 is 22.4 Å². The van der Waals surface area contributed by atoms with Crippen molar-refractivity contribution in [3.05, 3.63) is 42.5 Å². The average Bonchev–Trinajstić information content (AvgIpc) is 2.38. The van der Waals surface area contributed by atoms with Gasteiger partial charge >= 0.3 is 5.97 Å². The van der Waals surface area contributed by atoms with Crippen LogP contribution in [0.5, 0.6) is 0 Å². The fraction of sp³-hybridized carbons (Fsp3) is 0.312. The second kappa shape index (κ2) is 5.74. The fourth-order valence-corrected chi connectivity index (χ4v) is 2.21. The number of fused-ring (bicyclic) bond motifs is 1. The quantitative estimate of drug-likeness (QED) is 0.860. The first-order valence-electron chi connectivity index (χ1n) is 6.54. The predicted molar refractivity (Wildman–Crippen MR) is 78.4 cm³/mol. The Bertz CT molecular complexity index is 572. The fourth-order valence-electron chi connectivity index (χ4n) is 2.21. The normalized spacial score (nSPS) is 12.6. The minimum Gasteiger partial charge on any atom is -0.481 e. The maximum Gasteiger partial charge on any atom is 0.308 e. The smallest absolute Gasteiger partial charge is 0.308 e. The zero-order chi connectivity index (χ0) is 13.8. The highest BCUT2D eigenvalue weighted by Crippen LogP contribution is 2.23. The van der Waals surface area contributed by atoms with Gasteiger partial charge < -0.3 is 10.4 Å². The van der Waals surface area contributed by atoms with Gasteiger partial charge in [0.05, 0.1) is 5.92 Å². The zero-order valence-corrected chi connectivity index (χ0v) is 11.3. The van der Waals surface area contributed by atoms with Gasteiger partial charge in [0.1, 0.15) is 0 Å². The van der Waals surface area contributed by atoms with Crippen LogP contribution in [0.15, 0.2) is 42.5 Å². The van der Waals surface area contributed by atoms with Gasteiger partial charge in [-0.05, 0) is 17.4 Å². The Morgan fingerprint density at radius 1 is 1.16 bits per heavy atom. The number of benzene rings is 2. The molecular weight excluding hydrogens is 238 g/mol. The standard InChI is InChI=1S/C16H19NO2/c1-11(2)14(16(18)19)10-17-15-9-5-7-12-6-3-4-8-13(12)15/h3-9,11,14,17H,10H2,1-2H3,(H,18,19). The molecule has 0 aliphatic heterocycles. The zero-order valence-electron chi connectivity index (χ0n) is 11.3. The van der Waals surface area contributed by atoms with Gasteiger partial charge in [0.25, 0.3) is 0 Å². The third-order valence-electron chi connectivity index (χ3n) is 3.42. The lowest BCUT2D eigenvalue weighted by Crippen LogP contribution is -2.27. The lowest BCUT2D eigenvalue weighted by atomic mass is 9.96. The van der Waals surface area contributed by atoms with Crippen molar-refractivity contribution < 1.29 is 9.90 Å². The molecule has 3 nitrogen and oxygen atoms in total.